The Hall–Kier alpha value is -0.340. The van der Waals surface area contributed by atoms with E-state index in [4.69, 9.17) is 4.74 Å². The van der Waals surface area contributed by atoms with E-state index in [2.05, 4.69) is 6.58 Å². The second-order valence-electron chi connectivity index (χ2n) is 3.39. The maximum absolute atomic E-state index is 9.51. The van der Waals surface area contributed by atoms with Crippen LogP contribution in [0.25, 0.3) is 0 Å². The molecule has 0 amide bonds. The molecule has 0 radical (unpaired) electrons. The largest absolute Gasteiger partial charge is 0.393 e. The van der Waals surface area contributed by atoms with Gasteiger partial charge in [0.1, 0.15) is 0 Å². The van der Waals surface area contributed by atoms with Crippen molar-refractivity contribution in [3.05, 3.63) is 12.7 Å². The molecule has 1 N–H and O–H groups in total. The molecular weight excluding hydrogens is 152 g/mol. The first kappa shape index (κ1) is 9.75. The molecule has 0 aromatic carbocycles. The van der Waals surface area contributed by atoms with Crippen molar-refractivity contribution < 1.29 is 9.84 Å². The molecule has 0 spiro atoms. The second kappa shape index (κ2) is 5.33. The zero-order valence-electron chi connectivity index (χ0n) is 7.54. The van der Waals surface area contributed by atoms with E-state index in [1.165, 1.54) is 0 Å². The highest BCUT2D eigenvalue weighted by atomic mass is 16.5. The fourth-order valence-corrected chi connectivity index (χ4v) is 1.56. The molecule has 1 aliphatic rings. The van der Waals surface area contributed by atoms with E-state index < -0.39 is 0 Å². The van der Waals surface area contributed by atoms with Gasteiger partial charge in [0.25, 0.3) is 0 Å². The Bertz CT molecular complexity index is 128. The van der Waals surface area contributed by atoms with Gasteiger partial charge in [0.15, 0.2) is 0 Å². The first-order valence-electron chi connectivity index (χ1n) is 4.73. The Balaban J connectivity index is 2.07. The van der Waals surface area contributed by atoms with Crippen molar-refractivity contribution in [3.8, 4) is 0 Å². The number of hydrogen-bond donors (Lipinski definition) is 1. The maximum atomic E-state index is 9.51. The van der Waals surface area contributed by atoms with Gasteiger partial charge in [0, 0.05) is 6.61 Å². The maximum Gasteiger partial charge on any atom is 0.0600 e. The van der Waals surface area contributed by atoms with Crippen molar-refractivity contribution >= 4 is 0 Å². The molecule has 1 rings (SSSR count). The third kappa shape index (κ3) is 3.37. The lowest BCUT2D eigenvalue weighted by atomic mass is 10.1. The van der Waals surface area contributed by atoms with Gasteiger partial charge < -0.3 is 9.84 Å². The first-order chi connectivity index (χ1) is 5.83. The summed E-state index contributed by atoms with van der Waals surface area (Å²) in [7, 11) is 0. The Morgan fingerprint density at radius 2 is 2.50 bits per heavy atom. The van der Waals surface area contributed by atoms with E-state index in [-0.39, 0.29) is 6.10 Å². The Morgan fingerprint density at radius 1 is 1.67 bits per heavy atom. The normalized spacial score (nSPS) is 25.6. The number of rotatable bonds is 5. The van der Waals surface area contributed by atoms with Crippen LogP contribution >= 0.6 is 0 Å². The van der Waals surface area contributed by atoms with Crippen molar-refractivity contribution in [1.29, 1.82) is 0 Å². The van der Waals surface area contributed by atoms with E-state index in [0.29, 0.717) is 6.10 Å². The Labute approximate surface area is 74.2 Å². The van der Waals surface area contributed by atoms with Gasteiger partial charge in [-0.15, -0.1) is 6.58 Å². The van der Waals surface area contributed by atoms with Crippen molar-refractivity contribution in [2.24, 2.45) is 0 Å². The van der Waals surface area contributed by atoms with E-state index in [0.717, 1.165) is 38.7 Å². The highest BCUT2D eigenvalue weighted by Crippen LogP contribution is 2.18. The predicted octanol–water partition coefficient (Wildman–Crippen LogP) is 1.88. The predicted molar refractivity (Wildman–Crippen MR) is 49.0 cm³/mol. The number of hydrogen-bond acceptors (Lipinski definition) is 2. The summed E-state index contributed by atoms with van der Waals surface area (Å²) < 4.78 is 5.42. The molecule has 2 unspecified atom stereocenters. The molecule has 70 valence electrons. The summed E-state index contributed by atoms with van der Waals surface area (Å²) in [5.74, 6) is 0. The summed E-state index contributed by atoms with van der Waals surface area (Å²) in [6, 6.07) is 0. The smallest absolute Gasteiger partial charge is 0.0600 e. The molecule has 12 heavy (non-hydrogen) atoms. The lowest BCUT2D eigenvalue weighted by Crippen LogP contribution is -2.16. The fourth-order valence-electron chi connectivity index (χ4n) is 1.56. The van der Waals surface area contributed by atoms with Gasteiger partial charge >= 0.3 is 0 Å². The van der Waals surface area contributed by atoms with Crippen LogP contribution in [0.5, 0.6) is 0 Å². The molecule has 2 nitrogen and oxygen atoms in total. The lowest BCUT2D eigenvalue weighted by Gasteiger charge is -2.13. The minimum atomic E-state index is -0.203. The average molecular weight is 170 g/mol. The van der Waals surface area contributed by atoms with Crippen LogP contribution in [0.2, 0.25) is 0 Å². The number of aliphatic hydroxyl groups excluding tert-OH is 1. The van der Waals surface area contributed by atoms with Crippen molar-refractivity contribution in [3.63, 3.8) is 0 Å². The minimum Gasteiger partial charge on any atom is -0.393 e. The number of aliphatic hydroxyl groups is 1. The van der Waals surface area contributed by atoms with Crippen molar-refractivity contribution in [2.75, 3.05) is 6.61 Å². The molecule has 2 heteroatoms. The van der Waals surface area contributed by atoms with Crippen LogP contribution in [0.4, 0.5) is 0 Å². The van der Waals surface area contributed by atoms with Gasteiger partial charge in [0.05, 0.1) is 12.2 Å². The highest BCUT2D eigenvalue weighted by molar-refractivity contribution is 4.73. The van der Waals surface area contributed by atoms with Crippen LogP contribution in [0.1, 0.15) is 32.1 Å². The van der Waals surface area contributed by atoms with E-state index >= 15 is 0 Å². The van der Waals surface area contributed by atoms with E-state index in [1.807, 2.05) is 6.08 Å². The standard InChI is InChI=1S/C10H18O2/c1-2-3-5-9(11)8-10-6-4-7-12-10/h2,9-11H,1,3-8H2. The molecule has 2 atom stereocenters. The van der Waals surface area contributed by atoms with Gasteiger partial charge in [-0.25, -0.2) is 0 Å². The quantitative estimate of drug-likeness (QED) is 0.638. The Kier molecular flexibility index (Phi) is 4.33. The topological polar surface area (TPSA) is 29.5 Å². The molecular formula is C10H18O2. The van der Waals surface area contributed by atoms with Gasteiger partial charge in [-0.05, 0) is 32.1 Å². The summed E-state index contributed by atoms with van der Waals surface area (Å²) in [5, 5.41) is 9.51. The summed E-state index contributed by atoms with van der Waals surface area (Å²) in [5.41, 5.74) is 0. The summed E-state index contributed by atoms with van der Waals surface area (Å²) in [4.78, 5) is 0. The van der Waals surface area contributed by atoms with Gasteiger partial charge in [-0.2, -0.15) is 0 Å². The van der Waals surface area contributed by atoms with Crippen LogP contribution in [0, 0.1) is 0 Å². The summed E-state index contributed by atoms with van der Waals surface area (Å²) >= 11 is 0. The molecule has 0 aliphatic carbocycles. The summed E-state index contributed by atoms with van der Waals surface area (Å²) in [6.45, 7) is 4.50. The molecule has 0 bridgehead atoms. The van der Waals surface area contributed by atoms with Crippen LogP contribution in [-0.4, -0.2) is 23.9 Å². The lowest BCUT2D eigenvalue weighted by molar-refractivity contribution is 0.0510. The van der Waals surface area contributed by atoms with Gasteiger partial charge in [-0.3, -0.25) is 0 Å². The van der Waals surface area contributed by atoms with Gasteiger partial charge in [-0.1, -0.05) is 6.08 Å². The van der Waals surface area contributed by atoms with E-state index in [1.54, 1.807) is 0 Å². The minimum absolute atomic E-state index is 0.203. The molecule has 1 aliphatic heterocycles. The van der Waals surface area contributed by atoms with E-state index in [9.17, 15) is 5.11 Å². The molecule has 0 aromatic heterocycles. The van der Waals surface area contributed by atoms with Crippen LogP contribution < -0.4 is 0 Å². The molecule has 1 fully saturated rings. The van der Waals surface area contributed by atoms with Crippen LogP contribution in [-0.2, 0) is 4.74 Å². The average Bonchev–Trinajstić information content (AvgIpc) is 2.53. The van der Waals surface area contributed by atoms with Crippen LogP contribution in [0.3, 0.4) is 0 Å². The van der Waals surface area contributed by atoms with Crippen molar-refractivity contribution in [2.45, 2.75) is 44.3 Å². The Morgan fingerprint density at radius 3 is 3.08 bits per heavy atom. The van der Waals surface area contributed by atoms with Crippen molar-refractivity contribution in [1.82, 2.24) is 0 Å². The third-order valence-electron chi connectivity index (χ3n) is 2.26. The number of ether oxygens (including phenoxy) is 1. The highest BCUT2D eigenvalue weighted by Gasteiger charge is 2.18. The first-order valence-corrected chi connectivity index (χ1v) is 4.73. The fraction of sp³-hybridized carbons (Fsp3) is 0.800. The summed E-state index contributed by atoms with van der Waals surface area (Å²) in [6.07, 6.45) is 6.74. The third-order valence-corrected chi connectivity index (χ3v) is 2.26. The SMILES string of the molecule is C=CCCC(O)CC1CCCO1. The molecule has 1 heterocycles. The molecule has 0 aromatic rings. The second-order valence-corrected chi connectivity index (χ2v) is 3.39. The van der Waals surface area contributed by atoms with Crippen LogP contribution in [0.15, 0.2) is 12.7 Å². The zero-order valence-corrected chi connectivity index (χ0v) is 7.54. The molecule has 1 saturated heterocycles. The number of allylic oxidation sites excluding steroid dienone is 1. The zero-order chi connectivity index (χ0) is 8.81. The monoisotopic (exact) mass is 170 g/mol. The van der Waals surface area contributed by atoms with Gasteiger partial charge in [0.2, 0.25) is 0 Å². The molecule has 0 saturated carbocycles.